The zero-order valence-electron chi connectivity index (χ0n) is 16.1. The molecule has 3 heteroatoms. The fourth-order valence-electron chi connectivity index (χ4n) is 4.37. The summed E-state index contributed by atoms with van der Waals surface area (Å²) in [6.45, 7) is 2.34. The molecule has 4 atom stereocenters. The highest BCUT2D eigenvalue weighted by atomic mass is 16.5. The summed E-state index contributed by atoms with van der Waals surface area (Å²) < 4.78 is 6.33. The number of rotatable bonds is 6. The summed E-state index contributed by atoms with van der Waals surface area (Å²) in [6.07, 6.45) is 4.32. The van der Waals surface area contributed by atoms with Gasteiger partial charge in [-0.05, 0) is 54.7 Å². The molecule has 0 amide bonds. The third-order valence-corrected chi connectivity index (χ3v) is 6.16. The molecule has 3 nitrogen and oxygen atoms in total. The highest BCUT2D eigenvalue weighted by Crippen LogP contribution is 2.41. The third-order valence-electron chi connectivity index (χ3n) is 6.16. The van der Waals surface area contributed by atoms with Gasteiger partial charge in [-0.1, -0.05) is 49.4 Å². The first-order chi connectivity index (χ1) is 13.1. The van der Waals surface area contributed by atoms with E-state index in [1.54, 1.807) is 0 Å². The summed E-state index contributed by atoms with van der Waals surface area (Å²) >= 11 is 0. The van der Waals surface area contributed by atoms with Gasteiger partial charge in [0.2, 0.25) is 0 Å². The van der Waals surface area contributed by atoms with E-state index >= 15 is 0 Å². The molecule has 0 heterocycles. The number of hydrogen-bond acceptors (Lipinski definition) is 3. The lowest BCUT2D eigenvalue weighted by molar-refractivity contribution is 0.0102. The Balaban J connectivity index is 1.51. The smallest absolute Gasteiger partial charge is 0.123 e. The van der Waals surface area contributed by atoms with Crippen molar-refractivity contribution >= 4 is 0 Å². The van der Waals surface area contributed by atoms with Crippen LogP contribution in [0, 0.1) is 5.92 Å². The van der Waals surface area contributed by atoms with Crippen LogP contribution in [0.1, 0.15) is 67.6 Å². The minimum atomic E-state index is -0.388. The van der Waals surface area contributed by atoms with E-state index in [4.69, 9.17) is 4.74 Å². The van der Waals surface area contributed by atoms with Crippen molar-refractivity contribution in [3.63, 3.8) is 0 Å². The van der Waals surface area contributed by atoms with Gasteiger partial charge in [-0.2, -0.15) is 0 Å². The van der Waals surface area contributed by atoms with Crippen molar-refractivity contribution in [1.29, 1.82) is 0 Å². The van der Waals surface area contributed by atoms with Gasteiger partial charge in [0.15, 0.2) is 0 Å². The second-order valence-corrected chi connectivity index (χ2v) is 8.35. The number of hydrogen-bond donors (Lipinski definition) is 2. The molecule has 2 saturated carbocycles. The van der Waals surface area contributed by atoms with Gasteiger partial charge in [-0.3, -0.25) is 0 Å². The molecule has 2 aromatic carbocycles. The van der Waals surface area contributed by atoms with Crippen molar-refractivity contribution in [3.8, 4) is 5.75 Å². The molecular weight excluding hydrogens is 336 g/mol. The summed E-state index contributed by atoms with van der Waals surface area (Å²) in [5, 5.41) is 19.6. The SMILES string of the molecule is CC(c1ccc(C2CC2)cc1)c1ccccc1O[C@H]1C[C@@H](O)C[C@@H](CO)C1. The van der Waals surface area contributed by atoms with Gasteiger partial charge in [0.05, 0.1) is 6.10 Å². The topological polar surface area (TPSA) is 49.7 Å². The molecule has 2 fully saturated rings. The van der Waals surface area contributed by atoms with E-state index in [1.807, 2.05) is 12.1 Å². The zero-order valence-corrected chi connectivity index (χ0v) is 16.1. The Kier molecular flexibility index (Phi) is 5.51. The molecule has 0 spiro atoms. The minimum Gasteiger partial charge on any atom is -0.490 e. The van der Waals surface area contributed by atoms with E-state index in [0.717, 1.165) is 18.1 Å². The van der Waals surface area contributed by atoms with Crippen LogP contribution in [0.3, 0.4) is 0 Å². The van der Waals surface area contributed by atoms with Gasteiger partial charge >= 0.3 is 0 Å². The molecule has 0 aliphatic heterocycles. The van der Waals surface area contributed by atoms with Crippen LogP contribution in [0.5, 0.6) is 5.75 Å². The monoisotopic (exact) mass is 366 g/mol. The van der Waals surface area contributed by atoms with Crippen molar-refractivity contribution in [2.75, 3.05) is 6.61 Å². The normalized spacial score (nSPS) is 26.6. The average molecular weight is 367 g/mol. The molecule has 0 bridgehead atoms. The highest BCUT2D eigenvalue weighted by molar-refractivity contribution is 5.42. The van der Waals surface area contributed by atoms with E-state index < -0.39 is 0 Å². The molecule has 0 aromatic heterocycles. The molecule has 2 N–H and O–H groups in total. The largest absolute Gasteiger partial charge is 0.490 e. The number of aliphatic hydroxyl groups excluding tert-OH is 2. The molecule has 4 rings (SSSR count). The second-order valence-electron chi connectivity index (χ2n) is 8.35. The van der Waals surface area contributed by atoms with E-state index in [-0.39, 0.29) is 30.7 Å². The summed E-state index contributed by atoms with van der Waals surface area (Å²) in [6, 6.07) is 17.3. The Morgan fingerprint density at radius 3 is 2.44 bits per heavy atom. The Bertz CT molecular complexity index is 750. The van der Waals surface area contributed by atoms with Crippen LogP contribution in [-0.2, 0) is 0 Å². The average Bonchev–Trinajstić information content (AvgIpc) is 3.53. The standard InChI is InChI=1S/C24H30O3/c1-16(18-6-8-19(9-7-18)20-10-11-20)23-4-2-3-5-24(23)27-22-13-17(15-25)12-21(26)14-22/h2-9,16-17,20-22,25-26H,10-15H2,1H3/t16?,17-,21+,22-/m1/s1. The molecule has 1 unspecified atom stereocenters. The number of ether oxygens (including phenoxy) is 1. The summed E-state index contributed by atoms with van der Waals surface area (Å²) in [5.74, 6) is 2.05. The molecule has 2 aromatic rings. The number of benzene rings is 2. The van der Waals surface area contributed by atoms with Gasteiger partial charge in [-0.25, -0.2) is 0 Å². The second kappa shape index (κ2) is 8.04. The maximum absolute atomic E-state index is 10.1. The molecule has 144 valence electrons. The van der Waals surface area contributed by atoms with Gasteiger partial charge in [0.1, 0.15) is 11.9 Å². The molecule has 0 saturated heterocycles. The molecule has 27 heavy (non-hydrogen) atoms. The van der Waals surface area contributed by atoms with Crippen LogP contribution in [0.2, 0.25) is 0 Å². The van der Waals surface area contributed by atoms with Crippen LogP contribution in [0.25, 0.3) is 0 Å². The van der Waals surface area contributed by atoms with Crippen LogP contribution in [-0.4, -0.2) is 29.0 Å². The maximum Gasteiger partial charge on any atom is 0.123 e. The van der Waals surface area contributed by atoms with Crippen molar-refractivity contribution in [2.24, 2.45) is 5.92 Å². The summed E-state index contributed by atoms with van der Waals surface area (Å²) in [5.41, 5.74) is 3.94. The number of para-hydroxylation sites is 1. The lowest BCUT2D eigenvalue weighted by Gasteiger charge is -2.32. The maximum atomic E-state index is 10.1. The van der Waals surface area contributed by atoms with Crippen LogP contribution >= 0.6 is 0 Å². The van der Waals surface area contributed by atoms with E-state index in [9.17, 15) is 10.2 Å². The first-order valence-electron chi connectivity index (χ1n) is 10.3. The lowest BCUT2D eigenvalue weighted by atomic mass is 9.85. The van der Waals surface area contributed by atoms with Gasteiger partial charge in [0, 0.05) is 24.5 Å². The fraction of sp³-hybridized carbons (Fsp3) is 0.500. The predicted octanol–water partition coefficient (Wildman–Crippen LogP) is 4.62. The van der Waals surface area contributed by atoms with Gasteiger partial charge in [-0.15, -0.1) is 0 Å². The van der Waals surface area contributed by atoms with Gasteiger partial charge in [0.25, 0.3) is 0 Å². The Labute approximate surface area is 162 Å². The summed E-state index contributed by atoms with van der Waals surface area (Å²) in [4.78, 5) is 0. The van der Waals surface area contributed by atoms with Crippen LogP contribution in [0.15, 0.2) is 48.5 Å². The van der Waals surface area contributed by atoms with Crippen molar-refractivity contribution < 1.29 is 14.9 Å². The predicted molar refractivity (Wildman–Crippen MR) is 107 cm³/mol. The van der Waals surface area contributed by atoms with E-state index in [2.05, 4.69) is 43.3 Å². The molecule has 0 radical (unpaired) electrons. The van der Waals surface area contributed by atoms with Crippen molar-refractivity contribution in [3.05, 3.63) is 65.2 Å². The molecule has 2 aliphatic rings. The first-order valence-corrected chi connectivity index (χ1v) is 10.3. The number of aliphatic hydroxyl groups is 2. The first kappa shape index (κ1) is 18.5. The van der Waals surface area contributed by atoms with E-state index in [0.29, 0.717) is 12.8 Å². The Morgan fingerprint density at radius 1 is 1.00 bits per heavy atom. The summed E-state index contributed by atoms with van der Waals surface area (Å²) in [7, 11) is 0. The van der Waals surface area contributed by atoms with Crippen LogP contribution in [0.4, 0.5) is 0 Å². The Morgan fingerprint density at radius 2 is 1.74 bits per heavy atom. The zero-order chi connectivity index (χ0) is 18.8. The minimum absolute atomic E-state index is 0.0449. The van der Waals surface area contributed by atoms with Crippen molar-refractivity contribution in [1.82, 2.24) is 0 Å². The van der Waals surface area contributed by atoms with Crippen molar-refractivity contribution in [2.45, 2.75) is 63.1 Å². The molecule has 2 aliphatic carbocycles. The fourth-order valence-corrected chi connectivity index (χ4v) is 4.37. The van der Waals surface area contributed by atoms with Crippen LogP contribution < -0.4 is 4.74 Å². The third kappa shape index (κ3) is 4.36. The quantitative estimate of drug-likeness (QED) is 0.784. The Hall–Kier alpha value is -1.84. The van der Waals surface area contributed by atoms with Gasteiger partial charge < -0.3 is 14.9 Å². The molecular formula is C24H30O3. The van der Waals surface area contributed by atoms with E-state index in [1.165, 1.54) is 29.5 Å². The lowest BCUT2D eigenvalue weighted by Crippen LogP contribution is -2.35. The highest BCUT2D eigenvalue weighted by Gasteiger charge is 2.29.